The van der Waals surface area contributed by atoms with E-state index in [1.165, 1.54) is 12.1 Å². The van der Waals surface area contributed by atoms with Crippen LogP contribution in [-0.4, -0.2) is 5.91 Å². The number of hydrogen-bond acceptors (Lipinski definition) is 2. The SMILES string of the molecule is Cc1cc(N)c(Cl)cc1NC(=O)c1ccc(Br)c(F)c1. The Morgan fingerprint density at radius 3 is 2.70 bits per heavy atom. The second kappa shape index (κ2) is 5.81. The molecule has 0 aromatic heterocycles. The first-order valence-electron chi connectivity index (χ1n) is 5.70. The molecule has 20 heavy (non-hydrogen) atoms. The van der Waals surface area contributed by atoms with Gasteiger partial charge in [0.1, 0.15) is 5.82 Å². The maximum atomic E-state index is 13.4. The molecular weight excluding hydrogens is 347 g/mol. The van der Waals surface area contributed by atoms with Crippen LogP contribution in [0.5, 0.6) is 0 Å². The first-order chi connectivity index (χ1) is 9.38. The summed E-state index contributed by atoms with van der Waals surface area (Å²) in [4.78, 5) is 12.1. The molecule has 3 N–H and O–H groups in total. The van der Waals surface area contributed by atoms with E-state index in [1.807, 2.05) is 0 Å². The standard InChI is InChI=1S/C14H11BrClFN2O/c1-7-4-12(18)10(16)6-13(7)19-14(20)8-2-3-9(15)11(17)5-8/h2-6H,18H2,1H3,(H,19,20). The highest BCUT2D eigenvalue weighted by Gasteiger charge is 2.11. The van der Waals surface area contributed by atoms with Crippen LogP contribution in [0.3, 0.4) is 0 Å². The number of carbonyl (C=O) groups excluding carboxylic acids is 1. The van der Waals surface area contributed by atoms with Gasteiger partial charge in [-0.1, -0.05) is 11.6 Å². The maximum Gasteiger partial charge on any atom is 0.255 e. The smallest absolute Gasteiger partial charge is 0.255 e. The van der Waals surface area contributed by atoms with Crippen LogP contribution < -0.4 is 11.1 Å². The summed E-state index contributed by atoms with van der Waals surface area (Å²) in [7, 11) is 0. The summed E-state index contributed by atoms with van der Waals surface area (Å²) in [6.07, 6.45) is 0. The fourth-order valence-corrected chi connectivity index (χ4v) is 2.08. The molecule has 0 aliphatic carbocycles. The van der Waals surface area contributed by atoms with Crippen LogP contribution in [-0.2, 0) is 0 Å². The van der Waals surface area contributed by atoms with E-state index in [0.717, 1.165) is 11.6 Å². The summed E-state index contributed by atoms with van der Waals surface area (Å²) in [6.45, 7) is 1.80. The quantitative estimate of drug-likeness (QED) is 0.783. The number of amides is 1. The van der Waals surface area contributed by atoms with E-state index in [4.69, 9.17) is 17.3 Å². The summed E-state index contributed by atoms with van der Waals surface area (Å²) in [5.41, 5.74) is 7.65. The molecule has 2 rings (SSSR count). The third-order valence-electron chi connectivity index (χ3n) is 2.77. The van der Waals surface area contributed by atoms with Crippen LogP contribution in [0.15, 0.2) is 34.8 Å². The molecule has 0 aliphatic rings. The van der Waals surface area contributed by atoms with Crippen molar-refractivity contribution >= 4 is 44.8 Å². The lowest BCUT2D eigenvalue weighted by atomic mass is 10.1. The summed E-state index contributed by atoms with van der Waals surface area (Å²) >= 11 is 8.96. The molecule has 1 amide bonds. The Labute approximate surface area is 129 Å². The molecule has 6 heteroatoms. The van der Waals surface area contributed by atoms with Crippen LogP contribution in [0.25, 0.3) is 0 Å². The van der Waals surface area contributed by atoms with Crippen LogP contribution >= 0.6 is 27.5 Å². The van der Waals surface area contributed by atoms with Crippen molar-refractivity contribution in [2.24, 2.45) is 0 Å². The number of benzene rings is 2. The Hall–Kier alpha value is -1.59. The van der Waals surface area contributed by atoms with E-state index in [0.29, 0.717) is 20.9 Å². The number of carbonyl (C=O) groups is 1. The number of aryl methyl sites for hydroxylation is 1. The first-order valence-corrected chi connectivity index (χ1v) is 6.87. The lowest BCUT2D eigenvalue weighted by molar-refractivity contribution is 0.102. The number of halogens is 3. The van der Waals surface area contributed by atoms with Crippen molar-refractivity contribution in [1.82, 2.24) is 0 Å². The average Bonchev–Trinajstić information content (AvgIpc) is 2.39. The Morgan fingerprint density at radius 2 is 2.05 bits per heavy atom. The fourth-order valence-electron chi connectivity index (χ4n) is 1.67. The predicted molar refractivity (Wildman–Crippen MR) is 82.7 cm³/mol. The highest BCUT2D eigenvalue weighted by atomic mass is 79.9. The van der Waals surface area contributed by atoms with Crippen LogP contribution in [0.4, 0.5) is 15.8 Å². The van der Waals surface area contributed by atoms with Crippen molar-refractivity contribution in [3.8, 4) is 0 Å². The van der Waals surface area contributed by atoms with Crippen molar-refractivity contribution in [3.63, 3.8) is 0 Å². The van der Waals surface area contributed by atoms with Crippen LogP contribution in [0, 0.1) is 12.7 Å². The minimum Gasteiger partial charge on any atom is -0.398 e. The zero-order valence-corrected chi connectivity index (χ0v) is 12.8. The van der Waals surface area contributed by atoms with Gasteiger partial charge in [-0.05, 0) is 58.7 Å². The molecule has 0 spiro atoms. The van der Waals surface area contributed by atoms with Crippen molar-refractivity contribution in [3.05, 3.63) is 56.8 Å². The molecule has 0 fully saturated rings. The molecule has 0 unspecified atom stereocenters. The summed E-state index contributed by atoms with van der Waals surface area (Å²) < 4.78 is 13.7. The number of rotatable bonds is 2. The fraction of sp³-hybridized carbons (Fsp3) is 0.0714. The van der Waals surface area contributed by atoms with Gasteiger partial charge in [-0.2, -0.15) is 0 Å². The van der Waals surface area contributed by atoms with Crippen molar-refractivity contribution < 1.29 is 9.18 Å². The third-order valence-corrected chi connectivity index (χ3v) is 3.74. The highest BCUT2D eigenvalue weighted by molar-refractivity contribution is 9.10. The Bertz CT molecular complexity index is 691. The molecule has 0 bridgehead atoms. The number of nitrogens with two attached hydrogens (primary N) is 1. The average molecular weight is 358 g/mol. The molecule has 0 saturated heterocycles. The van der Waals surface area contributed by atoms with E-state index < -0.39 is 11.7 Å². The molecule has 0 aliphatic heterocycles. The summed E-state index contributed by atoms with van der Waals surface area (Å²) in [5, 5.41) is 3.03. The molecule has 2 aromatic carbocycles. The van der Waals surface area contributed by atoms with E-state index in [-0.39, 0.29) is 5.56 Å². The molecule has 0 atom stereocenters. The number of nitrogen functional groups attached to an aromatic ring is 1. The van der Waals surface area contributed by atoms with Gasteiger partial charge in [-0.25, -0.2) is 4.39 Å². The molecule has 0 saturated carbocycles. The molecule has 0 radical (unpaired) electrons. The maximum absolute atomic E-state index is 13.4. The zero-order chi connectivity index (χ0) is 14.9. The summed E-state index contributed by atoms with van der Waals surface area (Å²) in [6, 6.07) is 7.40. The van der Waals surface area contributed by atoms with Gasteiger partial charge < -0.3 is 11.1 Å². The Kier molecular flexibility index (Phi) is 4.30. The van der Waals surface area contributed by atoms with Gasteiger partial charge in [0.15, 0.2) is 0 Å². The van der Waals surface area contributed by atoms with Crippen molar-refractivity contribution in [2.75, 3.05) is 11.1 Å². The van der Waals surface area contributed by atoms with Gasteiger partial charge in [-0.15, -0.1) is 0 Å². The molecule has 2 aromatic rings. The van der Waals surface area contributed by atoms with Gasteiger partial charge in [0, 0.05) is 11.3 Å². The van der Waals surface area contributed by atoms with E-state index in [1.54, 1.807) is 19.1 Å². The van der Waals surface area contributed by atoms with Crippen LogP contribution in [0.1, 0.15) is 15.9 Å². The Balaban J connectivity index is 2.27. The zero-order valence-electron chi connectivity index (χ0n) is 10.5. The second-order valence-electron chi connectivity index (χ2n) is 4.27. The molecule has 0 heterocycles. The van der Waals surface area contributed by atoms with Gasteiger partial charge in [-0.3, -0.25) is 4.79 Å². The van der Waals surface area contributed by atoms with E-state index >= 15 is 0 Å². The highest BCUT2D eigenvalue weighted by Crippen LogP contribution is 2.27. The van der Waals surface area contributed by atoms with Crippen LogP contribution in [0.2, 0.25) is 5.02 Å². The van der Waals surface area contributed by atoms with Crippen molar-refractivity contribution in [1.29, 1.82) is 0 Å². The topological polar surface area (TPSA) is 55.1 Å². The number of anilines is 2. The predicted octanol–water partition coefficient (Wildman–Crippen LogP) is 4.38. The van der Waals surface area contributed by atoms with E-state index in [2.05, 4.69) is 21.2 Å². The van der Waals surface area contributed by atoms with Gasteiger partial charge in [0.25, 0.3) is 5.91 Å². The minimum absolute atomic E-state index is 0.220. The van der Waals surface area contributed by atoms with E-state index in [9.17, 15) is 9.18 Å². The normalized spacial score (nSPS) is 10.4. The van der Waals surface area contributed by atoms with Crippen molar-refractivity contribution in [2.45, 2.75) is 6.92 Å². The Morgan fingerprint density at radius 1 is 1.35 bits per heavy atom. The minimum atomic E-state index is -0.496. The second-order valence-corrected chi connectivity index (χ2v) is 5.53. The van der Waals surface area contributed by atoms with Gasteiger partial charge >= 0.3 is 0 Å². The lowest BCUT2D eigenvalue weighted by Gasteiger charge is -2.10. The number of nitrogens with one attached hydrogen (secondary N) is 1. The summed E-state index contributed by atoms with van der Waals surface area (Å²) in [5.74, 6) is -0.912. The molecule has 3 nitrogen and oxygen atoms in total. The molecular formula is C14H11BrClFN2O. The van der Waals surface area contributed by atoms with Gasteiger partial charge in [0.2, 0.25) is 0 Å². The largest absolute Gasteiger partial charge is 0.398 e. The first kappa shape index (κ1) is 14.8. The third kappa shape index (κ3) is 3.11. The number of hydrogen-bond donors (Lipinski definition) is 2. The monoisotopic (exact) mass is 356 g/mol. The van der Waals surface area contributed by atoms with Gasteiger partial charge in [0.05, 0.1) is 15.2 Å². The lowest BCUT2D eigenvalue weighted by Crippen LogP contribution is -2.13. The molecule has 104 valence electrons.